The van der Waals surface area contributed by atoms with Gasteiger partial charge in [-0.2, -0.15) is 0 Å². The Morgan fingerprint density at radius 2 is 1.90 bits per heavy atom. The summed E-state index contributed by atoms with van der Waals surface area (Å²) >= 11 is 1.79. The van der Waals surface area contributed by atoms with Crippen molar-refractivity contribution in [3.63, 3.8) is 0 Å². The molecule has 0 amide bonds. The first-order valence-electron chi connectivity index (χ1n) is 6.87. The average Bonchev–Trinajstić information content (AvgIpc) is 2.45. The molecular formula is C17H20FNS. The first-order chi connectivity index (χ1) is 9.69. The van der Waals surface area contributed by atoms with Crippen LogP contribution in [-0.2, 0) is 0 Å². The molecule has 2 rings (SSSR count). The molecule has 3 heteroatoms. The number of rotatable bonds is 6. The highest BCUT2D eigenvalue weighted by Gasteiger charge is 2.11. The molecule has 0 aliphatic carbocycles. The van der Waals surface area contributed by atoms with Crippen LogP contribution in [0.3, 0.4) is 0 Å². The maximum absolute atomic E-state index is 13.3. The molecule has 106 valence electrons. The van der Waals surface area contributed by atoms with Gasteiger partial charge in [-0.1, -0.05) is 36.8 Å². The third kappa shape index (κ3) is 4.36. The van der Waals surface area contributed by atoms with E-state index in [2.05, 4.69) is 43.4 Å². The van der Waals surface area contributed by atoms with Gasteiger partial charge in [-0.05, 0) is 43.3 Å². The van der Waals surface area contributed by atoms with E-state index < -0.39 is 0 Å². The number of hydrogen-bond acceptors (Lipinski definition) is 2. The van der Waals surface area contributed by atoms with Crippen molar-refractivity contribution in [3.8, 4) is 0 Å². The number of aryl methyl sites for hydroxylation is 1. The zero-order valence-electron chi connectivity index (χ0n) is 11.9. The van der Waals surface area contributed by atoms with Gasteiger partial charge in [-0.25, -0.2) is 4.39 Å². The van der Waals surface area contributed by atoms with Gasteiger partial charge >= 0.3 is 0 Å². The molecule has 0 radical (unpaired) electrons. The van der Waals surface area contributed by atoms with Crippen LogP contribution in [0.2, 0.25) is 0 Å². The Hall–Kier alpha value is -1.32. The SMILES string of the molecule is CCNC(CSc1ccc(C)cc1)c1cccc(F)c1. The van der Waals surface area contributed by atoms with Gasteiger partial charge in [0.2, 0.25) is 0 Å². The lowest BCUT2D eigenvalue weighted by Gasteiger charge is -2.18. The molecule has 1 nitrogen and oxygen atoms in total. The summed E-state index contributed by atoms with van der Waals surface area (Å²) in [5.41, 5.74) is 2.27. The van der Waals surface area contributed by atoms with E-state index in [1.54, 1.807) is 23.9 Å². The maximum atomic E-state index is 13.3. The van der Waals surface area contributed by atoms with Gasteiger partial charge in [0.15, 0.2) is 0 Å². The molecule has 0 saturated heterocycles. The van der Waals surface area contributed by atoms with Gasteiger partial charge in [0.25, 0.3) is 0 Å². The van der Waals surface area contributed by atoms with Gasteiger partial charge in [0.05, 0.1) is 0 Å². The van der Waals surface area contributed by atoms with Crippen LogP contribution in [-0.4, -0.2) is 12.3 Å². The summed E-state index contributed by atoms with van der Waals surface area (Å²) in [4.78, 5) is 1.25. The van der Waals surface area contributed by atoms with E-state index in [9.17, 15) is 4.39 Å². The Balaban J connectivity index is 2.04. The number of benzene rings is 2. The zero-order valence-corrected chi connectivity index (χ0v) is 12.7. The molecule has 0 bridgehead atoms. The van der Waals surface area contributed by atoms with Crippen LogP contribution in [0, 0.1) is 12.7 Å². The minimum Gasteiger partial charge on any atom is -0.309 e. The second kappa shape index (κ2) is 7.46. The molecule has 2 aromatic rings. The van der Waals surface area contributed by atoms with E-state index in [1.807, 2.05) is 6.07 Å². The topological polar surface area (TPSA) is 12.0 Å². The number of nitrogens with one attached hydrogen (secondary N) is 1. The third-order valence-corrected chi connectivity index (χ3v) is 4.24. The maximum Gasteiger partial charge on any atom is 0.123 e. The predicted octanol–water partition coefficient (Wildman–Crippen LogP) is 4.58. The van der Waals surface area contributed by atoms with Crippen LogP contribution < -0.4 is 5.32 Å². The monoisotopic (exact) mass is 289 g/mol. The summed E-state index contributed by atoms with van der Waals surface area (Å²) in [5, 5.41) is 3.42. The lowest BCUT2D eigenvalue weighted by atomic mass is 10.1. The fraction of sp³-hybridized carbons (Fsp3) is 0.294. The van der Waals surface area contributed by atoms with E-state index in [-0.39, 0.29) is 11.9 Å². The molecule has 2 aromatic carbocycles. The lowest BCUT2D eigenvalue weighted by molar-refractivity contribution is 0.588. The Morgan fingerprint density at radius 1 is 1.15 bits per heavy atom. The van der Waals surface area contributed by atoms with Crippen molar-refractivity contribution in [3.05, 3.63) is 65.5 Å². The molecule has 0 fully saturated rings. The van der Waals surface area contributed by atoms with E-state index in [0.717, 1.165) is 17.9 Å². The fourth-order valence-corrected chi connectivity index (χ4v) is 3.05. The fourth-order valence-electron chi connectivity index (χ4n) is 2.06. The average molecular weight is 289 g/mol. The van der Waals surface area contributed by atoms with Crippen LogP contribution in [0.5, 0.6) is 0 Å². The second-order valence-electron chi connectivity index (χ2n) is 4.79. The van der Waals surface area contributed by atoms with Gasteiger partial charge < -0.3 is 5.32 Å². The minimum absolute atomic E-state index is 0.169. The molecule has 0 spiro atoms. The van der Waals surface area contributed by atoms with Crippen LogP contribution in [0.15, 0.2) is 53.4 Å². The Kier molecular flexibility index (Phi) is 5.62. The summed E-state index contributed by atoms with van der Waals surface area (Å²) in [7, 11) is 0. The number of halogens is 1. The predicted molar refractivity (Wildman–Crippen MR) is 84.7 cm³/mol. The zero-order chi connectivity index (χ0) is 14.4. The molecule has 1 atom stereocenters. The van der Waals surface area contributed by atoms with E-state index in [0.29, 0.717) is 0 Å². The molecule has 0 heterocycles. The normalized spacial score (nSPS) is 12.3. The van der Waals surface area contributed by atoms with Crippen molar-refractivity contribution in [2.45, 2.75) is 24.8 Å². The van der Waals surface area contributed by atoms with E-state index >= 15 is 0 Å². The van der Waals surface area contributed by atoms with Gasteiger partial charge in [-0.15, -0.1) is 11.8 Å². The van der Waals surface area contributed by atoms with Crippen LogP contribution in [0.1, 0.15) is 24.1 Å². The standard InChI is InChI=1S/C17H20FNS/c1-3-19-17(14-5-4-6-15(18)11-14)12-20-16-9-7-13(2)8-10-16/h4-11,17,19H,3,12H2,1-2H3. The van der Waals surface area contributed by atoms with Crippen molar-refractivity contribution in [2.24, 2.45) is 0 Å². The minimum atomic E-state index is -0.175. The van der Waals surface area contributed by atoms with Gasteiger partial charge in [0.1, 0.15) is 5.82 Å². The summed E-state index contributed by atoms with van der Waals surface area (Å²) < 4.78 is 13.3. The lowest BCUT2D eigenvalue weighted by Crippen LogP contribution is -2.23. The van der Waals surface area contributed by atoms with Gasteiger partial charge in [0, 0.05) is 16.7 Å². The van der Waals surface area contributed by atoms with Crippen molar-refractivity contribution >= 4 is 11.8 Å². The summed E-state index contributed by atoms with van der Waals surface area (Å²) in [6.45, 7) is 5.03. The Bertz CT molecular complexity index is 539. The highest BCUT2D eigenvalue weighted by Crippen LogP contribution is 2.25. The highest BCUT2D eigenvalue weighted by atomic mass is 32.2. The van der Waals surface area contributed by atoms with Crippen LogP contribution in [0.25, 0.3) is 0 Å². The Labute approximate surface area is 124 Å². The number of thioether (sulfide) groups is 1. The van der Waals surface area contributed by atoms with Crippen LogP contribution in [0.4, 0.5) is 4.39 Å². The molecular weight excluding hydrogens is 269 g/mol. The van der Waals surface area contributed by atoms with E-state index in [1.165, 1.54) is 16.5 Å². The second-order valence-corrected chi connectivity index (χ2v) is 5.88. The molecule has 0 aliphatic heterocycles. The van der Waals surface area contributed by atoms with Crippen molar-refractivity contribution in [1.29, 1.82) is 0 Å². The van der Waals surface area contributed by atoms with Crippen molar-refractivity contribution in [1.82, 2.24) is 5.32 Å². The summed E-state index contributed by atoms with van der Waals surface area (Å²) in [6, 6.07) is 15.5. The summed E-state index contributed by atoms with van der Waals surface area (Å²) in [5.74, 6) is 0.714. The number of hydrogen-bond donors (Lipinski definition) is 1. The largest absolute Gasteiger partial charge is 0.309 e. The van der Waals surface area contributed by atoms with Gasteiger partial charge in [-0.3, -0.25) is 0 Å². The smallest absolute Gasteiger partial charge is 0.123 e. The molecule has 1 unspecified atom stereocenters. The van der Waals surface area contributed by atoms with Crippen LogP contribution >= 0.6 is 11.8 Å². The summed E-state index contributed by atoms with van der Waals surface area (Å²) in [6.07, 6.45) is 0. The van der Waals surface area contributed by atoms with Crippen molar-refractivity contribution in [2.75, 3.05) is 12.3 Å². The molecule has 0 saturated carbocycles. The van der Waals surface area contributed by atoms with Crippen molar-refractivity contribution < 1.29 is 4.39 Å². The molecule has 1 N–H and O–H groups in total. The molecule has 0 aromatic heterocycles. The molecule has 0 aliphatic rings. The highest BCUT2D eigenvalue weighted by molar-refractivity contribution is 7.99. The first kappa shape index (κ1) is 15.1. The quantitative estimate of drug-likeness (QED) is 0.781. The van der Waals surface area contributed by atoms with E-state index in [4.69, 9.17) is 0 Å². The Morgan fingerprint density at radius 3 is 2.55 bits per heavy atom. The third-order valence-electron chi connectivity index (χ3n) is 3.14. The molecule has 20 heavy (non-hydrogen) atoms. The first-order valence-corrected chi connectivity index (χ1v) is 7.86.